The Bertz CT molecular complexity index is 700. The summed E-state index contributed by atoms with van der Waals surface area (Å²) in [7, 11) is 3.76. The van der Waals surface area contributed by atoms with E-state index in [1.807, 2.05) is 32.8 Å². The molecule has 166 valence electrons. The molecule has 1 aromatic rings. The number of benzene rings is 1. The predicted octanol–water partition coefficient (Wildman–Crippen LogP) is 6.00. The number of hydrogen-bond donors (Lipinski definition) is 0. The van der Waals surface area contributed by atoms with Crippen molar-refractivity contribution >= 4 is 5.78 Å². The summed E-state index contributed by atoms with van der Waals surface area (Å²) in [6.45, 7) is 6.94. The van der Waals surface area contributed by atoms with Crippen molar-refractivity contribution in [2.24, 2.45) is 11.8 Å². The molecule has 0 aromatic heterocycles. The summed E-state index contributed by atoms with van der Waals surface area (Å²) >= 11 is 0. The molecule has 9 heteroatoms. The van der Waals surface area contributed by atoms with Crippen LogP contribution in [0.2, 0.25) is 0 Å². The Balaban J connectivity index is 3.32. The maximum absolute atomic E-state index is 14.3. The van der Waals surface area contributed by atoms with Gasteiger partial charge >= 0.3 is 18.0 Å². The van der Waals surface area contributed by atoms with Crippen LogP contribution in [-0.4, -0.2) is 43.7 Å². The van der Waals surface area contributed by atoms with Crippen LogP contribution in [0.25, 0.3) is 0 Å². The maximum Gasteiger partial charge on any atom is 0.435 e. The van der Waals surface area contributed by atoms with Crippen molar-refractivity contribution in [2.75, 3.05) is 20.6 Å². The number of nitrogens with zero attached hydrogens (tertiary/aromatic N) is 1. The molecule has 2 nitrogen and oxygen atoms in total. The zero-order valence-corrected chi connectivity index (χ0v) is 17.2. The van der Waals surface area contributed by atoms with Crippen molar-refractivity contribution < 1.29 is 35.5 Å². The third kappa shape index (κ3) is 5.29. The van der Waals surface area contributed by atoms with E-state index in [-0.39, 0.29) is 34.9 Å². The summed E-state index contributed by atoms with van der Waals surface area (Å²) in [6.07, 6.45) is -12.3. The minimum absolute atomic E-state index is 0.0318. The maximum atomic E-state index is 14.3. The molecule has 0 radical (unpaired) electrons. The SMILES string of the molecule is Cc1cc(C(F)(C(F)(F)F)C(F)(F)F)cc(C)c1C(=O)CC(C)C(C)CN(C)C. The number of alkyl halides is 7. The number of aryl methyl sites for hydroxylation is 2. The number of halogens is 7. The first kappa shape index (κ1) is 25.4. The van der Waals surface area contributed by atoms with Crippen LogP contribution in [0.5, 0.6) is 0 Å². The topological polar surface area (TPSA) is 20.3 Å². The second kappa shape index (κ2) is 8.62. The molecule has 0 fully saturated rings. The predicted molar refractivity (Wildman–Crippen MR) is 96.6 cm³/mol. The molecule has 0 heterocycles. The fourth-order valence-corrected chi connectivity index (χ4v) is 3.44. The molecule has 2 atom stereocenters. The van der Waals surface area contributed by atoms with E-state index in [1.165, 1.54) is 13.8 Å². The van der Waals surface area contributed by atoms with Crippen molar-refractivity contribution in [1.29, 1.82) is 0 Å². The fraction of sp³-hybridized carbons (Fsp3) is 0.650. The molecule has 1 aromatic carbocycles. The van der Waals surface area contributed by atoms with E-state index in [1.54, 1.807) is 0 Å². The molecule has 0 aliphatic rings. The minimum Gasteiger partial charge on any atom is -0.309 e. The third-order valence-corrected chi connectivity index (χ3v) is 5.12. The largest absolute Gasteiger partial charge is 0.435 e. The summed E-state index contributed by atoms with van der Waals surface area (Å²) in [5.41, 5.74) is -7.28. The Morgan fingerprint density at radius 2 is 1.31 bits per heavy atom. The van der Waals surface area contributed by atoms with Gasteiger partial charge in [0, 0.05) is 24.1 Å². The van der Waals surface area contributed by atoms with Crippen LogP contribution >= 0.6 is 0 Å². The van der Waals surface area contributed by atoms with Crippen molar-refractivity contribution in [3.63, 3.8) is 0 Å². The van der Waals surface area contributed by atoms with E-state index >= 15 is 0 Å². The van der Waals surface area contributed by atoms with Crippen LogP contribution in [0.15, 0.2) is 12.1 Å². The summed E-state index contributed by atoms with van der Waals surface area (Å²) in [5, 5.41) is 0. The Labute approximate surface area is 166 Å². The molecule has 0 spiro atoms. The van der Waals surface area contributed by atoms with Gasteiger partial charge in [0.2, 0.25) is 0 Å². The molecule has 1 rings (SSSR count). The molecule has 0 saturated carbocycles. The van der Waals surface area contributed by atoms with Crippen LogP contribution < -0.4 is 0 Å². The number of hydrogen-bond acceptors (Lipinski definition) is 2. The number of rotatable bonds is 7. The second-order valence-electron chi connectivity index (χ2n) is 7.98. The van der Waals surface area contributed by atoms with E-state index in [4.69, 9.17) is 0 Å². The highest BCUT2D eigenvalue weighted by Crippen LogP contribution is 2.53. The van der Waals surface area contributed by atoms with E-state index in [0.29, 0.717) is 18.7 Å². The zero-order chi connectivity index (χ0) is 22.9. The monoisotopic (exact) mass is 429 g/mol. The molecule has 29 heavy (non-hydrogen) atoms. The number of carbonyl (C=O) groups excluding carboxylic acids is 1. The minimum atomic E-state index is -6.19. The lowest BCUT2D eigenvalue weighted by Crippen LogP contribution is -2.50. The summed E-state index contributed by atoms with van der Waals surface area (Å²) in [4.78, 5) is 14.6. The molecule has 0 aliphatic carbocycles. The molecule has 2 unspecified atom stereocenters. The molecule has 0 bridgehead atoms. The van der Waals surface area contributed by atoms with Crippen molar-refractivity contribution in [3.05, 3.63) is 34.4 Å². The highest BCUT2D eigenvalue weighted by atomic mass is 19.4. The first-order chi connectivity index (χ1) is 12.9. The summed E-state index contributed by atoms with van der Waals surface area (Å²) < 4.78 is 92.4. The van der Waals surface area contributed by atoms with Gasteiger partial charge in [0.25, 0.3) is 0 Å². The standard InChI is InChI=1S/C20H26F7NO/c1-11(14(4)10-28(5)6)9-16(29)17-12(2)7-15(8-13(17)3)18(21,19(22,23)24)20(25,26)27/h7-8,11,14H,9-10H2,1-6H3. The smallest absolute Gasteiger partial charge is 0.309 e. The third-order valence-electron chi connectivity index (χ3n) is 5.12. The fourth-order valence-electron chi connectivity index (χ4n) is 3.44. The number of ketones is 1. The van der Waals surface area contributed by atoms with Crippen LogP contribution in [-0.2, 0) is 5.67 Å². The first-order valence-corrected chi connectivity index (χ1v) is 9.05. The quantitative estimate of drug-likeness (QED) is 0.391. The van der Waals surface area contributed by atoms with Gasteiger partial charge in [-0.15, -0.1) is 0 Å². The van der Waals surface area contributed by atoms with E-state index < -0.39 is 29.4 Å². The van der Waals surface area contributed by atoms with Gasteiger partial charge in [-0.3, -0.25) is 4.79 Å². The Morgan fingerprint density at radius 3 is 1.66 bits per heavy atom. The van der Waals surface area contributed by atoms with Crippen LogP contribution in [0.1, 0.15) is 47.3 Å². The summed E-state index contributed by atoms with van der Waals surface area (Å²) in [5.74, 6) is -0.315. The van der Waals surface area contributed by atoms with Crippen molar-refractivity contribution in [1.82, 2.24) is 4.90 Å². The zero-order valence-electron chi connectivity index (χ0n) is 17.2. The number of Topliss-reactive ketones (excluding diaryl/α,β-unsaturated/α-hetero) is 1. The van der Waals surface area contributed by atoms with E-state index in [0.717, 1.165) is 0 Å². The highest BCUT2D eigenvalue weighted by Gasteiger charge is 2.73. The molecule has 0 aliphatic heterocycles. The van der Waals surface area contributed by atoms with Gasteiger partial charge in [0.05, 0.1) is 0 Å². The van der Waals surface area contributed by atoms with Gasteiger partial charge < -0.3 is 4.90 Å². The first-order valence-electron chi connectivity index (χ1n) is 9.05. The molecular weight excluding hydrogens is 403 g/mol. The second-order valence-corrected chi connectivity index (χ2v) is 7.98. The number of carbonyl (C=O) groups is 1. The average Bonchev–Trinajstić information content (AvgIpc) is 2.50. The van der Waals surface area contributed by atoms with Crippen molar-refractivity contribution in [3.8, 4) is 0 Å². The molecular formula is C20H26F7NO. The molecule has 0 amide bonds. The van der Waals surface area contributed by atoms with Crippen molar-refractivity contribution in [2.45, 2.75) is 52.1 Å². The van der Waals surface area contributed by atoms with Gasteiger partial charge in [-0.2, -0.15) is 26.3 Å². The molecule has 0 N–H and O–H groups in total. The average molecular weight is 429 g/mol. The summed E-state index contributed by atoms with van der Waals surface area (Å²) in [6, 6.07) is 0.935. The van der Waals surface area contributed by atoms with Crippen LogP contribution in [0, 0.1) is 25.7 Å². The van der Waals surface area contributed by atoms with E-state index in [9.17, 15) is 35.5 Å². The Morgan fingerprint density at radius 1 is 0.897 bits per heavy atom. The van der Waals surface area contributed by atoms with Crippen LogP contribution in [0.4, 0.5) is 30.7 Å². The van der Waals surface area contributed by atoms with Gasteiger partial charge in [0.1, 0.15) is 0 Å². The lowest BCUT2D eigenvalue weighted by atomic mass is 9.84. The van der Waals surface area contributed by atoms with Gasteiger partial charge in [-0.05, 0) is 50.9 Å². The van der Waals surface area contributed by atoms with Gasteiger partial charge in [-0.1, -0.05) is 26.0 Å². The van der Waals surface area contributed by atoms with E-state index in [2.05, 4.69) is 0 Å². The molecule has 0 saturated heterocycles. The van der Waals surface area contributed by atoms with Gasteiger partial charge in [-0.25, -0.2) is 4.39 Å². The van der Waals surface area contributed by atoms with Crippen LogP contribution in [0.3, 0.4) is 0 Å². The van der Waals surface area contributed by atoms with Gasteiger partial charge in [0.15, 0.2) is 5.78 Å². The lowest BCUT2D eigenvalue weighted by molar-refractivity contribution is -0.348. The Hall–Kier alpha value is -1.64. The lowest BCUT2D eigenvalue weighted by Gasteiger charge is -2.31. The Kier molecular flexibility index (Phi) is 7.54. The normalized spacial score (nSPS) is 15.5. The highest BCUT2D eigenvalue weighted by molar-refractivity contribution is 5.99.